The maximum atomic E-state index is 11.0. The summed E-state index contributed by atoms with van der Waals surface area (Å²) in [4.78, 5) is 21.9. The van der Waals surface area contributed by atoms with Gasteiger partial charge in [-0.05, 0) is 37.1 Å². The van der Waals surface area contributed by atoms with Crippen LogP contribution < -0.4 is 4.74 Å². The lowest BCUT2D eigenvalue weighted by molar-refractivity contribution is 0.0682. The number of aromatic carboxylic acids is 2. The molecule has 7 heteroatoms. The van der Waals surface area contributed by atoms with Crippen molar-refractivity contribution in [2.24, 2.45) is 0 Å². The predicted molar refractivity (Wildman–Crippen MR) is 79.7 cm³/mol. The maximum absolute atomic E-state index is 11.0. The van der Waals surface area contributed by atoms with Crippen LogP contribution in [-0.2, 0) is 0 Å². The average Bonchev–Trinajstić information content (AvgIpc) is 2.45. The fourth-order valence-corrected chi connectivity index (χ4v) is 2.04. The SMILES string of the molecule is Cc1cc(C(=O)O)c(O)cc1Oc1cc(O)c(C(=O)O)cc1C. The fraction of sp³-hybridized carbons (Fsp3) is 0.125. The molecule has 2 aromatic rings. The molecule has 7 nitrogen and oxygen atoms in total. The van der Waals surface area contributed by atoms with Crippen molar-refractivity contribution in [3.8, 4) is 23.0 Å². The van der Waals surface area contributed by atoms with E-state index in [1.54, 1.807) is 13.8 Å². The van der Waals surface area contributed by atoms with Crippen LogP contribution in [0.2, 0.25) is 0 Å². The minimum atomic E-state index is -1.27. The Bertz CT molecular complexity index is 741. The molecule has 2 rings (SSSR count). The van der Waals surface area contributed by atoms with Gasteiger partial charge in [-0.2, -0.15) is 0 Å². The van der Waals surface area contributed by atoms with Crippen LogP contribution in [0, 0.1) is 13.8 Å². The summed E-state index contributed by atoms with van der Waals surface area (Å²) in [5.41, 5.74) is 0.411. The van der Waals surface area contributed by atoms with Gasteiger partial charge in [0.1, 0.15) is 34.1 Å². The quantitative estimate of drug-likeness (QED) is 0.683. The van der Waals surface area contributed by atoms with E-state index in [9.17, 15) is 19.8 Å². The first-order chi connectivity index (χ1) is 10.7. The molecule has 0 fully saturated rings. The van der Waals surface area contributed by atoms with Crippen molar-refractivity contribution in [3.63, 3.8) is 0 Å². The van der Waals surface area contributed by atoms with Crippen LogP contribution in [0.15, 0.2) is 24.3 Å². The third kappa shape index (κ3) is 3.18. The van der Waals surface area contributed by atoms with Crippen LogP contribution in [0.4, 0.5) is 0 Å². The molecule has 0 saturated heterocycles. The second-order valence-corrected chi connectivity index (χ2v) is 4.98. The van der Waals surface area contributed by atoms with Crippen molar-refractivity contribution >= 4 is 11.9 Å². The number of ether oxygens (including phenoxy) is 1. The molecule has 0 unspecified atom stereocenters. The van der Waals surface area contributed by atoms with Gasteiger partial charge < -0.3 is 25.2 Å². The first-order valence-electron chi connectivity index (χ1n) is 6.52. The van der Waals surface area contributed by atoms with Gasteiger partial charge in [0.15, 0.2) is 0 Å². The normalized spacial score (nSPS) is 10.3. The zero-order valence-corrected chi connectivity index (χ0v) is 12.3. The molecule has 0 aromatic heterocycles. The number of benzene rings is 2. The highest BCUT2D eigenvalue weighted by Crippen LogP contribution is 2.35. The lowest BCUT2D eigenvalue weighted by Crippen LogP contribution is -2.00. The van der Waals surface area contributed by atoms with E-state index in [4.69, 9.17) is 14.9 Å². The first kappa shape index (κ1) is 16.2. The number of carboxylic acid groups (broad SMARTS) is 2. The highest BCUT2D eigenvalue weighted by Gasteiger charge is 2.17. The number of aryl methyl sites for hydroxylation is 2. The summed E-state index contributed by atoms with van der Waals surface area (Å²) in [6, 6.07) is 4.82. The van der Waals surface area contributed by atoms with Crippen molar-refractivity contribution in [2.45, 2.75) is 13.8 Å². The van der Waals surface area contributed by atoms with E-state index in [1.165, 1.54) is 12.1 Å². The number of carbonyl (C=O) groups is 2. The molecule has 0 radical (unpaired) electrons. The minimum Gasteiger partial charge on any atom is -0.507 e. The molecule has 0 saturated carbocycles. The van der Waals surface area contributed by atoms with E-state index in [0.717, 1.165) is 12.1 Å². The Hall–Kier alpha value is -3.22. The average molecular weight is 318 g/mol. The van der Waals surface area contributed by atoms with Gasteiger partial charge in [-0.15, -0.1) is 0 Å². The topological polar surface area (TPSA) is 124 Å². The first-order valence-corrected chi connectivity index (χ1v) is 6.52. The zero-order chi connectivity index (χ0) is 17.3. The smallest absolute Gasteiger partial charge is 0.339 e. The summed E-state index contributed by atoms with van der Waals surface area (Å²) in [5, 5.41) is 37.3. The van der Waals surface area contributed by atoms with E-state index in [-0.39, 0.29) is 22.6 Å². The van der Waals surface area contributed by atoms with Crippen LogP contribution in [0.5, 0.6) is 23.0 Å². The molecule has 0 atom stereocenters. The Kier molecular flexibility index (Phi) is 4.13. The molecule has 120 valence electrons. The Balaban J connectivity index is 2.44. The van der Waals surface area contributed by atoms with Crippen molar-refractivity contribution < 1.29 is 34.8 Å². The Labute approximate surface area is 131 Å². The molecule has 0 spiro atoms. The summed E-state index contributed by atoms with van der Waals surface area (Å²) >= 11 is 0. The lowest BCUT2D eigenvalue weighted by Gasteiger charge is -2.13. The second-order valence-electron chi connectivity index (χ2n) is 4.98. The third-order valence-electron chi connectivity index (χ3n) is 3.27. The standard InChI is InChI=1S/C16H14O7/c1-7-3-9(15(19)20)11(17)5-13(7)23-14-6-12(18)10(16(21)22)4-8(14)2/h3-6,17-18H,1-2H3,(H,19,20)(H,21,22). The van der Waals surface area contributed by atoms with E-state index < -0.39 is 23.4 Å². The van der Waals surface area contributed by atoms with Crippen molar-refractivity contribution in [1.82, 2.24) is 0 Å². The fourth-order valence-electron chi connectivity index (χ4n) is 2.04. The number of carboxylic acids is 2. The number of phenols is 2. The number of aromatic hydroxyl groups is 2. The summed E-state index contributed by atoms with van der Waals surface area (Å²) < 4.78 is 5.57. The molecule has 0 aliphatic rings. The molecular weight excluding hydrogens is 304 g/mol. The number of hydrogen-bond donors (Lipinski definition) is 4. The van der Waals surface area contributed by atoms with Crippen molar-refractivity contribution in [1.29, 1.82) is 0 Å². The van der Waals surface area contributed by atoms with Crippen molar-refractivity contribution in [2.75, 3.05) is 0 Å². The molecule has 0 amide bonds. The van der Waals surface area contributed by atoms with Crippen LogP contribution >= 0.6 is 0 Å². The zero-order valence-electron chi connectivity index (χ0n) is 12.3. The van der Waals surface area contributed by atoms with Crippen LogP contribution in [0.3, 0.4) is 0 Å². The molecular formula is C16H14O7. The Morgan fingerprint density at radius 1 is 0.783 bits per heavy atom. The largest absolute Gasteiger partial charge is 0.507 e. The predicted octanol–water partition coefficient (Wildman–Crippen LogP) is 2.90. The minimum absolute atomic E-state index is 0.193. The molecule has 0 aliphatic carbocycles. The van der Waals surface area contributed by atoms with Gasteiger partial charge in [0, 0.05) is 12.1 Å². The van der Waals surface area contributed by atoms with Crippen LogP contribution in [0.1, 0.15) is 31.8 Å². The third-order valence-corrected chi connectivity index (χ3v) is 3.27. The summed E-state index contributed by atoms with van der Waals surface area (Å²) in [6.07, 6.45) is 0. The van der Waals surface area contributed by atoms with Gasteiger partial charge in [-0.3, -0.25) is 0 Å². The highest BCUT2D eigenvalue weighted by atomic mass is 16.5. The molecule has 2 aromatic carbocycles. The molecule has 23 heavy (non-hydrogen) atoms. The van der Waals surface area contributed by atoms with E-state index >= 15 is 0 Å². The molecule has 0 heterocycles. The van der Waals surface area contributed by atoms with Crippen LogP contribution in [-0.4, -0.2) is 32.4 Å². The van der Waals surface area contributed by atoms with E-state index in [2.05, 4.69) is 0 Å². The Morgan fingerprint density at radius 2 is 1.13 bits per heavy atom. The second kappa shape index (κ2) is 5.88. The number of hydrogen-bond acceptors (Lipinski definition) is 5. The van der Waals surface area contributed by atoms with Crippen LogP contribution in [0.25, 0.3) is 0 Å². The molecule has 4 N–H and O–H groups in total. The van der Waals surface area contributed by atoms with Gasteiger partial charge in [-0.1, -0.05) is 0 Å². The van der Waals surface area contributed by atoms with Gasteiger partial charge in [0.2, 0.25) is 0 Å². The lowest BCUT2D eigenvalue weighted by atomic mass is 10.1. The monoisotopic (exact) mass is 318 g/mol. The van der Waals surface area contributed by atoms with Gasteiger partial charge in [-0.25, -0.2) is 9.59 Å². The van der Waals surface area contributed by atoms with E-state index in [0.29, 0.717) is 11.1 Å². The summed E-state index contributed by atoms with van der Waals surface area (Å²) in [6.45, 7) is 3.20. The highest BCUT2D eigenvalue weighted by molar-refractivity contribution is 5.92. The summed E-state index contributed by atoms with van der Waals surface area (Å²) in [7, 11) is 0. The van der Waals surface area contributed by atoms with Gasteiger partial charge in [0.25, 0.3) is 0 Å². The van der Waals surface area contributed by atoms with E-state index in [1.807, 2.05) is 0 Å². The number of rotatable bonds is 4. The molecule has 0 bridgehead atoms. The van der Waals surface area contributed by atoms with Gasteiger partial charge in [0.05, 0.1) is 0 Å². The van der Waals surface area contributed by atoms with Crippen molar-refractivity contribution in [3.05, 3.63) is 46.5 Å². The van der Waals surface area contributed by atoms with Gasteiger partial charge >= 0.3 is 11.9 Å². The Morgan fingerprint density at radius 3 is 1.43 bits per heavy atom. The molecule has 0 aliphatic heterocycles. The summed E-state index contributed by atoms with van der Waals surface area (Å²) in [5.74, 6) is -3.06. The maximum Gasteiger partial charge on any atom is 0.339 e.